The van der Waals surface area contributed by atoms with Crippen LogP contribution in [0.1, 0.15) is 44.0 Å². The highest BCUT2D eigenvalue weighted by Gasteiger charge is 2.15. The quantitative estimate of drug-likeness (QED) is 0.763. The Hall–Kier alpha value is -1.59. The molecule has 5 nitrogen and oxygen atoms in total. The number of carbonyl (C=O) groups is 2. The lowest BCUT2D eigenvalue weighted by molar-refractivity contribution is -0.119. The van der Waals surface area contributed by atoms with Crippen molar-refractivity contribution < 1.29 is 9.59 Å². The van der Waals surface area contributed by atoms with E-state index in [4.69, 9.17) is 5.73 Å². The summed E-state index contributed by atoms with van der Waals surface area (Å²) in [4.78, 5) is 26.1. The molecule has 6 heteroatoms. The van der Waals surface area contributed by atoms with E-state index in [0.29, 0.717) is 17.8 Å². The Labute approximate surface area is 145 Å². The van der Waals surface area contributed by atoms with Crippen molar-refractivity contribution in [3.05, 3.63) is 29.8 Å². The van der Waals surface area contributed by atoms with Crippen molar-refractivity contribution in [2.45, 2.75) is 33.6 Å². The summed E-state index contributed by atoms with van der Waals surface area (Å²) < 4.78 is 0. The molecule has 0 aliphatic heterocycles. The van der Waals surface area contributed by atoms with Crippen LogP contribution in [-0.2, 0) is 4.79 Å². The van der Waals surface area contributed by atoms with E-state index in [2.05, 4.69) is 19.2 Å². The van der Waals surface area contributed by atoms with Crippen LogP contribution in [0.4, 0.5) is 5.69 Å². The molecule has 1 rings (SSSR count). The van der Waals surface area contributed by atoms with Crippen LogP contribution < -0.4 is 11.1 Å². The van der Waals surface area contributed by atoms with Gasteiger partial charge in [-0.05, 0) is 37.1 Å². The Kier molecular flexibility index (Phi) is 10.3. The predicted molar refractivity (Wildman–Crippen MR) is 97.0 cm³/mol. The number of halogens is 1. The van der Waals surface area contributed by atoms with Crippen LogP contribution in [0.15, 0.2) is 24.3 Å². The molecule has 0 heterocycles. The highest BCUT2D eigenvalue weighted by atomic mass is 35.5. The van der Waals surface area contributed by atoms with Crippen molar-refractivity contribution >= 4 is 29.9 Å². The fraction of sp³-hybridized carbons (Fsp3) is 0.529. The molecule has 0 aliphatic rings. The third-order valence-electron chi connectivity index (χ3n) is 3.47. The molecule has 0 aromatic heterocycles. The summed E-state index contributed by atoms with van der Waals surface area (Å²) in [5, 5.41) is 2.79. The summed E-state index contributed by atoms with van der Waals surface area (Å²) in [6, 6.07) is 7.02. The fourth-order valence-corrected chi connectivity index (χ4v) is 2.11. The van der Waals surface area contributed by atoms with Gasteiger partial charge >= 0.3 is 0 Å². The molecule has 3 N–H and O–H groups in total. The first-order chi connectivity index (χ1) is 10.5. The van der Waals surface area contributed by atoms with Crippen molar-refractivity contribution in [2.75, 3.05) is 25.0 Å². The maximum Gasteiger partial charge on any atom is 0.253 e. The third kappa shape index (κ3) is 6.59. The minimum Gasteiger partial charge on any atom is -0.339 e. The number of rotatable bonds is 8. The Bertz CT molecular complexity index is 485. The van der Waals surface area contributed by atoms with Crippen molar-refractivity contribution in [1.82, 2.24) is 4.90 Å². The predicted octanol–water partition coefficient (Wildman–Crippen LogP) is 2.90. The molecule has 130 valence electrons. The van der Waals surface area contributed by atoms with E-state index < -0.39 is 0 Å². The lowest BCUT2D eigenvalue weighted by Gasteiger charge is -2.21. The van der Waals surface area contributed by atoms with Crippen LogP contribution in [0.25, 0.3) is 0 Å². The van der Waals surface area contributed by atoms with E-state index in [9.17, 15) is 9.59 Å². The van der Waals surface area contributed by atoms with E-state index >= 15 is 0 Å². The Morgan fingerprint density at radius 3 is 2.09 bits per heavy atom. The van der Waals surface area contributed by atoms with Gasteiger partial charge in [0.1, 0.15) is 0 Å². The number of hydrogen-bond acceptors (Lipinski definition) is 3. The molecular formula is C17H28ClN3O2. The second-order valence-electron chi connectivity index (χ2n) is 5.50. The van der Waals surface area contributed by atoms with E-state index in [1.54, 1.807) is 31.2 Å². The highest BCUT2D eigenvalue weighted by Crippen LogP contribution is 2.13. The van der Waals surface area contributed by atoms with Gasteiger partial charge < -0.3 is 16.0 Å². The summed E-state index contributed by atoms with van der Waals surface area (Å²) in [6.45, 7) is 7.74. The number of amides is 2. The van der Waals surface area contributed by atoms with Crippen molar-refractivity contribution in [3.8, 4) is 0 Å². The number of carbonyl (C=O) groups excluding carboxylic acids is 2. The normalized spacial score (nSPS) is 11.3. The number of hydrogen-bond donors (Lipinski definition) is 2. The maximum absolute atomic E-state index is 12.4. The molecule has 23 heavy (non-hydrogen) atoms. The van der Waals surface area contributed by atoms with E-state index in [0.717, 1.165) is 25.9 Å². The summed E-state index contributed by atoms with van der Waals surface area (Å²) in [6.07, 6.45) is 1.88. The van der Waals surface area contributed by atoms with Gasteiger partial charge in [0.05, 0.1) is 0 Å². The van der Waals surface area contributed by atoms with E-state index in [-0.39, 0.29) is 30.1 Å². The molecule has 0 radical (unpaired) electrons. The molecule has 0 spiro atoms. The molecule has 1 unspecified atom stereocenters. The molecule has 1 aromatic rings. The van der Waals surface area contributed by atoms with Gasteiger partial charge in [-0.2, -0.15) is 0 Å². The van der Waals surface area contributed by atoms with Gasteiger partial charge in [-0.15, -0.1) is 12.4 Å². The molecule has 0 saturated carbocycles. The second kappa shape index (κ2) is 11.0. The van der Waals surface area contributed by atoms with Crippen LogP contribution in [0.2, 0.25) is 0 Å². The first-order valence-electron chi connectivity index (χ1n) is 7.93. The SMILES string of the molecule is CCCN(CCC)C(=O)c1ccc(NC(=O)C(C)CN)cc1.Cl. The molecule has 0 bridgehead atoms. The van der Waals surface area contributed by atoms with Gasteiger partial charge in [-0.1, -0.05) is 20.8 Å². The zero-order chi connectivity index (χ0) is 16.5. The molecule has 0 fully saturated rings. The molecular weight excluding hydrogens is 314 g/mol. The van der Waals surface area contributed by atoms with Crippen LogP contribution in [0.5, 0.6) is 0 Å². The topological polar surface area (TPSA) is 75.4 Å². The van der Waals surface area contributed by atoms with Gasteiger partial charge in [-0.3, -0.25) is 9.59 Å². The van der Waals surface area contributed by atoms with Gasteiger partial charge in [0.2, 0.25) is 5.91 Å². The van der Waals surface area contributed by atoms with Gasteiger partial charge in [-0.25, -0.2) is 0 Å². The van der Waals surface area contributed by atoms with Crippen LogP contribution in [0, 0.1) is 5.92 Å². The largest absolute Gasteiger partial charge is 0.339 e. The van der Waals surface area contributed by atoms with Crippen molar-refractivity contribution in [2.24, 2.45) is 11.7 Å². The molecule has 2 amide bonds. The van der Waals surface area contributed by atoms with Crippen LogP contribution in [-0.4, -0.2) is 36.3 Å². The first kappa shape index (κ1) is 21.4. The minimum atomic E-state index is -0.231. The number of nitrogens with one attached hydrogen (secondary N) is 1. The summed E-state index contributed by atoms with van der Waals surface area (Å²) in [5.74, 6) is -0.303. The lowest BCUT2D eigenvalue weighted by Crippen LogP contribution is -2.32. The zero-order valence-corrected chi connectivity index (χ0v) is 15.0. The van der Waals surface area contributed by atoms with E-state index in [1.165, 1.54) is 0 Å². The molecule has 0 saturated heterocycles. The Morgan fingerprint density at radius 1 is 1.13 bits per heavy atom. The summed E-state index contributed by atoms with van der Waals surface area (Å²) >= 11 is 0. The standard InChI is InChI=1S/C17H27N3O2.ClH/c1-4-10-20(11-5-2)17(22)14-6-8-15(9-7-14)19-16(21)13(3)12-18;/h6-9,13H,4-5,10-12,18H2,1-3H3,(H,19,21);1H. The molecule has 1 atom stereocenters. The minimum absolute atomic E-state index is 0. The second-order valence-corrected chi connectivity index (χ2v) is 5.50. The van der Waals surface area contributed by atoms with E-state index in [1.807, 2.05) is 4.90 Å². The van der Waals surface area contributed by atoms with Gasteiger partial charge in [0, 0.05) is 36.8 Å². The average molecular weight is 342 g/mol. The summed E-state index contributed by atoms with van der Waals surface area (Å²) in [7, 11) is 0. The monoisotopic (exact) mass is 341 g/mol. The van der Waals surface area contributed by atoms with Crippen molar-refractivity contribution in [3.63, 3.8) is 0 Å². The Balaban J connectivity index is 0.00000484. The average Bonchev–Trinajstić information content (AvgIpc) is 2.53. The van der Waals surface area contributed by atoms with Gasteiger partial charge in [0.25, 0.3) is 5.91 Å². The van der Waals surface area contributed by atoms with Crippen molar-refractivity contribution in [1.29, 1.82) is 0 Å². The Morgan fingerprint density at radius 2 is 1.65 bits per heavy atom. The van der Waals surface area contributed by atoms with Crippen LogP contribution in [0.3, 0.4) is 0 Å². The molecule has 0 aliphatic carbocycles. The van der Waals surface area contributed by atoms with Gasteiger partial charge in [0.15, 0.2) is 0 Å². The number of anilines is 1. The third-order valence-corrected chi connectivity index (χ3v) is 3.47. The fourth-order valence-electron chi connectivity index (χ4n) is 2.11. The zero-order valence-electron chi connectivity index (χ0n) is 14.2. The number of nitrogens with zero attached hydrogens (tertiary/aromatic N) is 1. The summed E-state index contributed by atoms with van der Waals surface area (Å²) in [5.41, 5.74) is 6.79. The maximum atomic E-state index is 12.4. The smallest absolute Gasteiger partial charge is 0.253 e. The molecule has 1 aromatic carbocycles. The lowest BCUT2D eigenvalue weighted by atomic mass is 10.1. The highest BCUT2D eigenvalue weighted by molar-refractivity contribution is 5.96. The number of benzene rings is 1. The first-order valence-corrected chi connectivity index (χ1v) is 7.93. The number of nitrogens with two attached hydrogens (primary N) is 1. The van der Waals surface area contributed by atoms with Crippen LogP contribution >= 0.6 is 12.4 Å².